The first-order valence-corrected chi connectivity index (χ1v) is 19.1. The summed E-state index contributed by atoms with van der Waals surface area (Å²) in [6.07, 6.45) is 11.0. The number of ether oxygens (including phenoxy) is 2. The molecule has 0 saturated carbocycles. The van der Waals surface area contributed by atoms with Crippen LogP contribution in [0.15, 0.2) is 58.5 Å². The predicted molar refractivity (Wildman–Crippen MR) is 182 cm³/mol. The molecule has 6 fully saturated rings. The van der Waals surface area contributed by atoms with Gasteiger partial charge in [-0.15, -0.1) is 0 Å². The normalized spacial score (nSPS) is 47.4. The number of fused-ring (bicyclic) bond motifs is 5. The lowest BCUT2D eigenvalue weighted by Crippen LogP contribution is -2.83. The molecule has 9 nitrogen and oxygen atoms in total. The number of esters is 1. The number of piperidine rings is 5. The fraction of sp³-hybridized carbons (Fsp3) is 0.650. The van der Waals surface area contributed by atoms with Gasteiger partial charge in [0.1, 0.15) is 17.2 Å². The largest absolute Gasteiger partial charge is 0.468 e. The van der Waals surface area contributed by atoms with Crippen LogP contribution in [0.3, 0.4) is 0 Å². The maximum Gasteiger partial charge on any atom is 0.329 e. The lowest BCUT2D eigenvalue weighted by molar-refractivity contribution is -0.986. The molecule has 3 spiro atoms. The molecule has 1 aromatic carbocycles. The van der Waals surface area contributed by atoms with E-state index in [4.69, 9.17) is 9.47 Å². The molecule has 9 heteroatoms. The maximum atomic E-state index is 15.7. The van der Waals surface area contributed by atoms with Gasteiger partial charge in [0, 0.05) is 67.1 Å². The Kier molecular flexibility index (Phi) is 5.44. The van der Waals surface area contributed by atoms with Gasteiger partial charge >= 0.3 is 5.97 Å². The molecule has 9 atom stereocenters. The number of allylic oxidation sites excluding steroid dienone is 2. The number of rotatable bonds is 2. The Balaban J connectivity index is 1.06. The van der Waals surface area contributed by atoms with Crippen molar-refractivity contribution in [2.24, 2.45) is 11.3 Å². The van der Waals surface area contributed by atoms with E-state index in [1.54, 1.807) is 0 Å². The first-order chi connectivity index (χ1) is 23.7. The molecule has 0 amide bonds. The second-order valence-corrected chi connectivity index (χ2v) is 17.3. The van der Waals surface area contributed by atoms with Crippen molar-refractivity contribution in [3.8, 4) is 0 Å². The van der Waals surface area contributed by atoms with E-state index in [9.17, 15) is 9.90 Å². The molecule has 4 bridgehead atoms. The summed E-state index contributed by atoms with van der Waals surface area (Å²) in [5, 5.41) is 17.1. The van der Waals surface area contributed by atoms with Crippen LogP contribution in [0.25, 0.3) is 0 Å². The lowest BCUT2D eigenvalue weighted by atomic mass is 9.56. The zero-order valence-electron chi connectivity index (χ0n) is 29.1. The number of Topliss-reactive ketones (excluding diaryl/α,β-unsaturated/α-hetero) is 1. The summed E-state index contributed by atoms with van der Waals surface area (Å²) in [7, 11) is 1.48. The van der Waals surface area contributed by atoms with Gasteiger partial charge in [0.25, 0.3) is 0 Å². The van der Waals surface area contributed by atoms with Crippen molar-refractivity contribution in [1.29, 1.82) is 0 Å². The minimum absolute atomic E-state index is 0.0174. The fourth-order valence-electron chi connectivity index (χ4n) is 14.3. The topological polar surface area (TPSA) is 91.3 Å². The fourth-order valence-corrected chi connectivity index (χ4v) is 14.3. The summed E-state index contributed by atoms with van der Waals surface area (Å²) >= 11 is 0. The van der Waals surface area contributed by atoms with E-state index in [1.165, 1.54) is 31.9 Å². The summed E-state index contributed by atoms with van der Waals surface area (Å²) in [6.45, 7) is 9.25. The summed E-state index contributed by atoms with van der Waals surface area (Å²) in [6, 6.07) is 7.61. The number of hydrogen-bond acceptors (Lipinski definition) is 8. The molecule has 6 saturated heterocycles. The van der Waals surface area contributed by atoms with Crippen LogP contribution in [0.2, 0.25) is 0 Å². The van der Waals surface area contributed by atoms with Crippen molar-refractivity contribution in [3.05, 3.63) is 64.1 Å². The maximum absolute atomic E-state index is 15.7. The van der Waals surface area contributed by atoms with Gasteiger partial charge < -0.3 is 24.8 Å². The van der Waals surface area contributed by atoms with Crippen molar-refractivity contribution in [1.82, 2.24) is 10.2 Å². The molecule has 5 unspecified atom stereocenters. The minimum Gasteiger partial charge on any atom is -0.468 e. The van der Waals surface area contributed by atoms with E-state index in [0.717, 1.165) is 96.7 Å². The van der Waals surface area contributed by atoms with Crippen molar-refractivity contribution >= 4 is 17.4 Å². The molecule has 258 valence electrons. The highest BCUT2D eigenvalue weighted by molar-refractivity contribution is 6.10. The van der Waals surface area contributed by atoms with E-state index in [2.05, 4.69) is 47.2 Å². The van der Waals surface area contributed by atoms with Crippen molar-refractivity contribution < 1.29 is 28.7 Å². The number of para-hydroxylation sites is 1. The van der Waals surface area contributed by atoms with Gasteiger partial charge in [0.2, 0.25) is 11.4 Å². The van der Waals surface area contributed by atoms with Crippen LogP contribution in [-0.4, -0.2) is 95.1 Å². The van der Waals surface area contributed by atoms with Crippen LogP contribution in [-0.2, 0) is 24.5 Å². The van der Waals surface area contributed by atoms with Crippen LogP contribution in [0.4, 0.5) is 5.69 Å². The highest BCUT2D eigenvalue weighted by Crippen LogP contribution is 2.70. The standard InChI is InChI=1S/C40H49N4O5/c1-4-24-22-42-16-14-37-27-9-6-7-10-30(27)43-33(35(46)48-3)25(24)20-32(42)40(37,43)49-31-21-29-28(19-26(31)34(37)45)38(47)15-18-44-17-8-11-36(5-2,23-44)12-13-39(38,44)41-29/h4,6-7,9-10,25,32-33,41,47H,5,8,11-23H2,1-3H3/q+1/b24-4-/t25?,32-,33-,36?,37?,38-,39?,40-,44?/m0/s1. The number of ketones is 1. The number of benzene rings is 1. The van der Waals surface area contributed by atoms with Gasteiger partial charge in [-0.3, -0.25) is 14.2 Å². The number of quaternary nitrogens is 1. The number of nitrogens with zero attached hydrogens (tertiary/aromatic N) is 3. The number of methoxy groups -OCH3 is 1. The quantitative estimate of drug-likeness (QED) is 0.277. The predicted octanol–water partition coefficient (Wildman–Crippen LogP) is 4.17. The Morgan fingerprint density at radius 1 is 1.16 bits per heavy atom. The van der Waals surface area contributed by atoms with E-state index in [-0.39, 0.29) is 23.7 Å². The van der Waals surface area contributed by atoms with Crippen molar-refractivity contribution in [2.75, 3.05) is 44.7 Å². The van der Waals surface area contributed by atoms with Gasteiger partial charge in [-0.25, -0.2) is 4.79 Å². The molecule has 2 N–H and O–H groups in total. The van der Waals surface area contributed by atoms with Gasteiger partial charge in [-0.1, -0.05) is 36.8 Å². The molecule has 9 heterocycles. The second kappa shape index (κ2) is 9.01. The molecule has 0 radical (unpaired) electrons. The second-order valence-electron chi connectivity index (χ2n) is 17.3. The number of carbonyl (C=O) groups is 2. The highest BCUT2D eigenvalue weighted by Gasteiger charge is 2.81. The van der Waals surface area contributed by atoms with Crippen molar-refractivity contribution in [3.63, 3.8) is 0 Å². The van der Waals surface area contributed by atoms with E-state index in [0.29, 0.717) is 24.7 Å². The van der Waals surface area contributed by atoms with Crippen LogP contribution in [0.1, 0.15) is 83.6 Å². The zero-order valence-corrected chi connectivity index (χ0v) is 29.1. The monoisotopic (exact) mass is 665 g/mol. The Morgan fingerprint density at radius 2 is 2.02 bits per heavy atom. The Bertz CT molecular complexity index is 1870. The zero-order chi connectivity index (χ0) is 33.3. The molecule has 1 aromatic rings. The Hall–Kier alpha value is -3.14. The van der Waals surface area contributed by atoms with Gasteiger partial charge in [0.15, 0.2) is 11.4 Å². The molecular formula is C40H49N4O5+. The third-order valence-electron chi connectivity index (χ3n) is 16.4. The van der Waals surface area contributed by atoms with Crippen LogP contribution >= 0.6 is 0 Å². The molecule has 10 aliphatic rings. The van der Waals surface area contributed by atoms with Gasteiger partial charge in [-0.2, -0.15) is 0 Å². The average molecular weight is 666 g/mol. The third-order valence-corrected chi connectivity index (χ3v) is 16.4. The number of anilines is 1. The number of hydrogen-bond donors (Lipinski definition) is 2. The number of aliphatic hydroxyl groups is 1. The lowest BCUT2D eigenvalue weighted by Gasteiger charge is -2.67. The molecule has 11 rings (SSSR count). The van der Waals surface area contributed by atoms with E-state index in [1.807, 2.05) is 12.1 Å². The number of carbonyl (C=O) groups excluding carboxylic acids is 2. The average Bonchev–Trinajstić information content (AvgIpc) is 3.63. The van der Waals surface area contributed by atoms with Crippen LogP contribution < -0.4 is 10.2 Å². The molecule has 9 aliphatic heterocycles. The molecule has 1 aliphatic carbocycles. The summed E-state index contributed by atoms with van der Waals surface area (Å²) in [5.74, 6) is 0.603. The summed E-state index contributed by atoms with van der Waals surface area (Å²) < 4.78 is 14.2. The van der Waals surface area contributed by atoms with Gasteiger partial charge in [0.05, 0.1) is 32.8 Å². The first kappa shape index (κ1) is 29.6. The Morgan fingerprint density at radius 3 is 2.84 bits per heavy atom. The smallest absolute Gasteiger partial charge is 0.329 e. The van der Waals surface area contributed by atoms with E-state index < -0.39 is 28.4 Å². The molecule has 0 aromatic heterocycles. The Labute approximate surface area is 288 Å². The SMILES string of the molecule is C/C=C1/CN2CCC34C(=O)C5=C(CC6=C(C5)[C@@]5(O)CC[N+]78CCCC(CC)(CCC57N6)C8)O[C@@]35[C@@H]2CC1[C@@H](C(=O)OC)N5c1ccccc14. The highest BCUT2D eigenvalue weighted by atomic mass is 16.5. The summed E-state index contributed by atoms with van der Waals surface area (Å²) in [5.41, 5.74) is 3.04. The summed E-state index contributed by atoms with van der Waals surface area (Å²) in [4.78, 5) is 34.5. The van der Waals surface area contributed by atoms with Gasteiger partial charge in [-0.05, 0) is 62.7 Å². The van der Waals surface area contributed by atoms with Crippen molar-refractivity contribution in [2.45, 2.75) is 113 Å². The van der Waals surface area contributed by atoms with Crippen LogP contribution in [0, 0.1) is 11.3 Å². The first-order valence-electron chi connectivity index (χ1n) is 19.1. The van der Waals surface area contributed by atoms with Crippen LogP contribution in [0.5, 0.6) is 0 Å². The van der Waals surface area contributed by atoms with E-state index >= 15 is 4.79 Å². The molecular weight excluding hydrogens is 616 g/mol. The minimum atomic E-state index is -1.05. The third kappa shape index (κ3) is 2.92. The molecule has 49 heavy (non-hydrogen) atoms. The number of nitrogens with one attached hydrogen (secondary N) is 1.